The minimum Gasteiger partial charge on any atom is -0.631 e. The van der Waals surface area contributed by atoms with Crippen molar-refractivity contribution in [3.8, 4) is 0 Å². The molecule has 0 amide bonds. The van der Waals surface area contributed by atoms with Crippen molar-refractivity contribution in [2.24, 2.45) is 0 Å². The molecule has 0 saturated heterocycles. The molecule has 0 aromatic rings. The van der Waals surface area contributed by atoms with Gasteiger partial charge in [0.05, 0.1) is 0 Å². The highest BCUT2D eigenvalue weighted by atomic mass is 16.5. The highest BCUT2D eigenvalue weighted by molar-refractivity contribution is 5.07. The number of unbranched alkanes of at least 4 members (excludes halogenated alkanes) is 23. The SMILES string of the molecule is CCCCCCCCCCCCCCCCC(CCCCCCCC)=C(CCCCCCCC)[NH2+][O-]. The Labute approximate surface area is 228 Å². The Morgan fingerprint density at radius 1 is 0.361 bits per heavy atom. The third-order valence-electron chi connectivity index (χ3n) is 8.06. The highest BCUT2D eigenvalue weighted by Gasteiger charge is 2.09. The predicted octanol–water partition coefficient (Wildman–Crippen LogP) is 11.7. The van der Waals surface area contributed by atoms with Crippen molar-refractivity contribution in [3.05, 3.63) is 16.5 Å². The maximum Gasteiger partial charge on any atom is 0.105 e. The zero-order valence-corrected chi connectivity index (χ0v) is 25.5. The van der Waals surface area contributed by atoms with Crippen LogP contribution in [0.15, 0.2) is 11.3 Å². The van der Waals surface area contributed by atoms with Gasteiger partial charge in [0.2, 0.25) is 0 Å². The molecule has 2 nitrogen and oxygen atoms in total. The first-order valence-corrected chi connectivity index (χ1v) is 17.0. The molecule has 0 aliphatic carbocycles. The van der Waals surface area contributed by atoms with E-state index in [-0.39, 0.29) is 0 Å². The lowest BCUT2D eigenvalue weighted by Gasteiger charge is -2.15. The molecule has 0 aliphatic heterocycles. The number of allylic oxidation sites excluding steroid dienone is 2. The van der Waals surface area contributed by atoms with Gasteiger partial charge in [0.1, 0.15) is 5.70 Å². The van der Waals surface area contributed by atoms with Crippen molar-refractivity contribution < 1.29 is 5.48 Å². The van der Waals surface area contributed by atoms with E-state index >= 15 is 0 Å². The van der Waals surface area contributed by atoms with Crippen molar-refractivity contribution in [2.75, 3.05) is 0 Å². The van der Waals surface area contributed by atoms with Crippen LogP contribution in [-0.4, -0.2) is 0 Å². The van der Waals surface area contributed by atoms with Crippen LogP contribution in [0.1, 0.15) is 207 Å². The molecule has 2 heteroatoms. The van der Waals surface area contributed by atoms with E-state index in [2.05, 4.69) is 20.8 Å². The first-order chi connectivity index (χ1) is 17.8. The molecule has 0 bridgehead atoms. The summed E-state index contributed by atoms with van der Waals surface area (Å²) in [6, 6.07) is 0. The average molecular weight is 508 g/mol. The number of hydrogen-bond donors (Lipinski definition) is 1. The fraction of sp³-hybridized carbons (Fsp3) is 0.941. The summed E-state index contributed by atoms with van der Waals surface area (Å²) in [5.41, 5.74) is 3.92. The number of hydrogen-bond acceptors (Lipinski definition) is 1. The van der Waals surface area contributed by atoms with Gasteiger partial charge in [0.15, 0.2) is 0 Å². The summed E-state index contributed by atoms with van der Waals surface area (Å²) in [7, 11) is 0. The number of nitrogens with two attached hydrogens (primary N) is 1. The summed E-state index contributed by atoms with van der Waals surface area (Å²) in [4.78, 5) is 0. The van der Waals surface area contributed by atoms with Crippen LogP contribution >= 0.6 is 0 Å². The van der Waals surface area contributed by atoms with Crippen LogP contribution in [0.4, 0.5) is 0 Å². The van der Waals surface area contributed by atoms with E-state index in [1.54, 1.807) is 0 Å². The largest absolute Gasteiger partial charge is 0.631 e. The Hall–Kier alpha value is -0.340. The van der Waals surface area contributed by atoms with E-state index in [4.69, 9.17) is 0 Å². The van der Waals surface area contributed by atoms with E-state index in [1.165, 1.54) is 197 Å². The van der Waals surface area contributed by atoms with E-state index in [1.807, 2.05) is 0 Å². The van der Waals surface area contributed by atoms with E-state index in [0.29, 0.717) is 0 Å². The van der Waals surface area contributed by atoms with Gasteiger partial charge in [-0.3, -0.25) is 0 Å². The Morgan fingerprint density at radius 2 is 0.611 bits per heavy atom. The van der Waals surface area contributed by atoms with Crippen LogP contribution in [0.5, 0.6) is 0 Å². The summed E-state index contributed by atoms with van der Waals surface area (Å²) in [5, 5.41) is 12.0. The Kier molecular flexibility index (Phi) is 30.6. The van der Waals surface area contributed by atoms with Crippen LogP contribution in [-0.2, 0) is 0 Å². The molecular weight excluding hydrogens is 438 g/mol. The molecule has 0 rings (SSSR count). The smallest absolute Gasteiger partial charge is 0.105 e. The molecule has 0 heterocycles. The monoisotopic (exact) mass is 508 g/mol. The maximum absolute atomic E-state index is 12.0. The number of hydroxylamine groups is 1. The summed E-state index contributed by atoms with van der Waals surface area (Å²) in [6.07, 6.45) is 39.1. The standard InChI is InChI=1S/C34H69NO/c1-4-7-10-13-16-17-18-19-20-21-22-23-25-28-31-33(30-27-24-14-11-8-5-2)34(35-36)32-29-26-15-12-9-6-3/h4-32,35H2,1-3H3. The summed E-state index contributed by atoms with van der Waals surface area (Å²) in [5.74, 6) is 0. The third-order valence-corrected chi connectivity index (χ3v) is 8.06. The van der Waals surface area contributed by atoms with Crippen molar-refractivity contribution in [1.29, 1.82) is 0 Å². The zero-order valence-electron chi connectivity index (χ0n) is 25.5. The van der Waals surface area contributed by atoms with Crippen LogP contribution in [0, 0.1) is 5.21 Å². The molecule has 0 radical (unpaired) electrons. The summed E-state index contributed by atoms with van der Waals surface area (Å²) < 4.78 is 0. The maximum atomic E-state index is 12.0. The number of rotatable bonds is 30. The molecule has 216 valence electrons. The third kappa shape index (κ3) is 25.3. The van der Waals surface area contributed by atoms with E-state index < -0.39 is 0 Å². The normalized spacial score (nSPS) is 12.3. The molecule has 0 atom stereocenters. The summed E-state index contributed by atoms with van der Waals surface area (Å²) >= 11 is 0. The van der Waals surface area contributed by atoms with Crippen LogP contribution in [0.2, 0.25) is 0 Å². The second-order valence-electron chi connectivity index (χ2n) is 11.6. The van der Waals surface area contributed by atoms with Crippen molar-refractivity contribution in [1.82, 2.24) is 0 Å². The van der Waals surface area contributed by atoms with Gasteiger partial charge in [-0.25, -0.2) is 0 Å². The van der Waals surface area contributed by atoms with Crippen LogP contribution < -0.4 is 5.48 Å². The molecule has 0 aromatic heterocycles. The Balaban J connectivity index is 4.11. The fourth-order valence-corrected chi connectivity index (χ4v) is 5.51. The van der Waals surface area contributed by atoms with Gasteiger partial charge in [0, 0.05) is 6.42 Å². The van der Waals surface area contributed by atoms with Gasteiger partial charge in [-0.1, -0.05) is 168 Å². The molecule has 0 unspecified atom stereocenters. The average Bonchev–Trinajstić information content (AvgIpc) is 2.89. The fourth-order valence-electron chi connectivity index (χ4n) is 5.51. The Morgan fingerprint density at radius 3 is 0.889 bits per heavy atom. The van der Waals surface area contributed by atoms with Crippen LogP contribution in [0.25, 0.3) is 0 Å². The van der Waals surface area contributed by atoms with E-state index in [9.17, 15) is 5.21 Å². The quantitative estimate of drug-likeness (QED) is 0.0761. The van der Waals surface area contributed by atoms with Gasteiger partial charge < -0.3 is 10.7 Å². The molecule has 2 N–H and O–H groups in total. The zero-order chi connectivity index (χ0) is 26.4. The highest BCUT2D eigenvalue weighted by Crippen LogP contribution is 2.22. The lowest BCUT2D eigenvalue weighted by molar-refractivity contribution is -0.539. The minimum atomic E-state index is 1.03. The van der Waals surface area contributed by atoms with Crippen LogP contribution in [0.3, 0.4) is 0 Å². The topological polar surface area (TPSA) is 39.7 Å². The first-order valence-electron chi connectivity index (χ1n) is 17.0. The van der Waals surface area contributed by atoms with Crippen molar-refractivity contribution >= 4 is 0 Å². The molecular formula is C34H69NO. The van der Waals surface area contributed by atoms with Gasteiger partial charge in [-0.05, 0) is 37.7 Å². The van der Waals surface area contributed by atoms with Gasteiger partial charge in [0.25, 0.3) is 0 Å². The second kappa shape index (κ2) is 30.9. The molecule has 0 spiro atoms. The van der Waals surface area contributed by atoms with Gasteiger partial charge >= 0.3 is 0 Å². The predicted molar refractivity (Wildman–Crippen MR) is 163 cm³/mol. The molecule has 0 aromatic carbocycles. The van der Waals surface area contributed by atoms with Gasteiger partial charge in [-0.15, -0.1) is 0 Å². The molecule has 0 aliphatic rings. The molecule has 36 heavy (non-hydrogen) atoms. The minimum absolute atomic E-state index is 1.03. The van der Waals surface area contributed by atoms with Crippen molar-refractivity contribution in [3.63, 3.8) is 0 Å². The molecule has 0 saturated carbocycles. The van der Waals surface area contributed by atoms with E-state index in [0.717, 1.165) is 6.42 Å². The van der Waals surface area contributed by atoms with Gasteiger partial charge in [-0.2, -0.15) is 0 Å². The first kappa shape index (κ1) is 35.7. The second-order valence-corrected chi connectivity index (χ2v) is 11.6. The lowest BCUT2D eigenvalue weighted by Crippen LogP contribution is -2.75. The Bertz CT molecular complexity index is 444. The summed E-state index contributed by atoms with van der Waals surface area (Å²) in [6.45, 7) is 6.86. The molecule has 0 fully saturated rings. The lowest BCUT2D eigenvalue weighted by atomic mass is 9.95. The number of quaternary nitrogens is 1. The van der Waals surface area contributed by atoms with Crippen molar-refractivity contribution in [2.45, 2.75) is 207 Å².